The van der Waals surface area contributed by atoms with Crippen LogP contribution in [-0.2, 0) is 16.1 Å². The summed E-state index contributed by atoms with van der Waals surface area (Å²) in [6, 6.07) is 8.51. The molecule has 3 heteroatoms. The first-order chi connectivity index (χ1) is 9.58. The molecule has 0 saturated heterocycles. The van der Waals surface area contributed by atoms with E-state index in [2.05, 4.69) is 43.9 Å². The average Bonchev–Trinajstić information content (AvgIpc) is 2.66. The highest BCUT2D eigenvalue weighted by molar-refractivity contribution is 5.71. The molecule has 1 unspecified atom stereocenters. The van der Waals surface area contributed by atoms with Crippen molar-refractivity contribution >= 4 is 5.97 Å². The Labute approximate surface area is 128 Å². The number of hydrogen-bond donors (Lipinski definition) is 0. The summed E-state index contributed by atoms with van der Waals surface area (Å²) in [4.78, 5) is 14.6. The predicted octanol–water partition coefficient (Wildman–Crippen LogP) is 4.07. The molecule has 3 nitrogen and oxygen atoms in total. The van der Waals surface area contributed by atoms with Crippen molar-refractivity contribution in [3.63, 3.8) is 0 Å². The highest BCUT2D eigenvalue weighted by atomic mass is 16.6. The number of rotatable bonds is 2. The third kappa shape index (κ3) is 3.85. The van der Waals surface area contributed by atoms with E-state index in [1.54, 1.807) is 0 Å². The van der Waals surface area contributed by atoms with Gasteiger partial charge in [-0.05, 0) is 52.7 Å². The van der Waals surface area contributed by atoms with E-state index in [0.717, 1.165) is 6.54 Å². The van der Waals surface area contributed by atoms with Crippen LogP contribution in [0.3, 0.4) is 0 Å². The minimum absolute atomic E-state index is 0.0195. The number of ether oxygens (including phenoxy) is 1. The lowest BCUT2D eigenvalue weighted by Crippen LogP contribution is -2.41. The summed E-state index contributed by atoms with van der Waals surface area (Å²) < 4.78 is 5.51. The summed E-state index contributed by atoms with van der Waals surface area (Å²) in [7, 11) is 0. The van der Waals surface area contributed by atoms with Gasteiger partial charge in [0.15, 0.2) is 0 Å². The Bertz CT molecular complexity index is 523. The third-order valence-electron chi connectivity index (χ3n) is 3.77. The van der Waals surface area contributed by atoms with Gasteiger partial charge in [-0.2, -0.15) is 0 Å². The molecule has 0 aromatic heterocycles. The van der Waals surface area contributed by atoms with Crippen LogP contribution in [0.25, 0.3) is 0 Å². The van der Waals surface area contributed by atoms with Crippen LogP contribution in [0.15, 0.2) is 24.3 Å². The standard InChI is InChI=1S/C18H27NO2/c1-17(2,3)19-12-13-9-7-8-10-14(13)15(19)11-16(20)21-18(4,5)6/h7-10,15H,11-12H2,1-6H3. The first-order valence-electron chi connectivity index (χ1n) is 7.64. The molecule has 1 aromatic rings. The van der Waals surface area contributed by atoms with E-state index in [1.165, 1.54) is 11.1 Å². The highest BCUT2D eigenvalue weighted by Gasteiger charge is 2.38. The zero-order valence-electron chi connectivity index (χ0n) is 14.1. The second kappa shape index (κ2) is 5.45. The number of carbonyl (C=O) groups is 1. The third-order valence-corrected chi connectivity index (χ3v) is 3.77. The van der Waals surface area contributed by atoms with Crippen molar-refractivity contribution in [2.75, 3.05) is 0 Å². The second-order valence-corrected chi connectivity index (χ2v) is 7.80. The lowest BCUT2D eigenvalue weighted by atomic mass is 9.99. The Morgan fingerprint density at radius 2 is 1.81 bits per heavy atom. The van der Waals surface area contributed by atoms with Crippen molar-refractivity contribution in [3.8, 4) is 0 Å². The van der Waals surface area contributed by atoms with Gasteiger partial charge in [-0.1, -0.05) is 24.3 Å². The number of nitrogens with zero attached hydrogens (tertiary/aromatic N) is 1. The van der Waals surface area contributed by atoms with E-state index in [1.807, 2.05) is 26.8 Å². The molecular weight excluding hydrogens is 262 g/mol. The molecule has 1 heterocycles. The average molecular weight is 289 g/mol. The van der Waals surface area contributed by atoms with Gasteiger partial charge in [-0.25, -0.2) is 0 Å². The summed E-state index contributed by atoms with van der Waals surface area (Å²) in [5.74, 6) is -0.126. The Morgan fingerprint density at radius 3 is 2.38 bits per heavy atom. The number of esters is 1. The molecule has 0 radical (unpaired) electrons. The van der Waals surface area contributed by atoms with E-state index in [4.69, 9.17) is 4.74 Å². The van der Waals surface area contributed by atoms with Crippen LogP contribution in [0.1, 0.15) is 65.1 Å². The van der Waals surface area contributed by atoms with Crippen LogP contribution in [0.5, 0.6) is 0 Å². The quantitative estimate of drug-likeness (QED) is 0.769. The maximum Gasteiger partial charge on any atom is 0.308 e. The zero-order chi connectivity index (χ0) is 15.8. The van der Waals surface area contributed by atoms with Crippen LogP contribution < -0.4 is 0 Å². The second-order valence-electron chi connectivity index (χ2n) is 7.80. The van der Waals surface area contributed by atoms with E-state index in [0.29, 0.717) is 6.42 Å². The zero-order valence-corrected chi connectivity index (χ0v) is 14.1. The smallest absolute Gasteiger partial charge is 0.308 e. The van der Waals surface area contributed by atoms with E-state index in [-0.39, 0.29) is 17.6 Å². The molecule has 116 valence electrons. The van der Waals surface area contributed by atoms with Crippen LogP contribution >= 0.6 is 0 Å². The summed E-state index contributed by atoms with van der Waals surface area (Å²) in [5.41, 5.74) is 2.17. The molecular formula is C18H27NO2. The molecule has 1 atom stereocenters. The molecule has 1 aromatic carbocycles. The highest BCUT2D eigenvalue weighted by Crippen LogP contribution is 2.40. The van der Waals surface area contributed by atoms with Gasteiger partial charge in [0.1, 0.15) is 5.60 Å². The number of hydrogen-bond acceptors (Lipinski definition) is 3. The monoisotopic (exact) mass is 289 g/mol. The topological polar surface area (TPSA) is 29.5 Å². The van der Waals surface area contributed by atoms with Gasteiger partial charge in [0.25, 0.3) is 0 Å². The van der Waals surface area contributed by atoms with Crippen molar-refractivity contribution in [1.29, 1.82) is 0 Å². The molecule has 0 fully saturated rings. The first kappa shape index (κ1) is 16.0. The minimum atomic E-state index is -0.429. The fourth-order valence-electron chi connectivity index (χ4n) is 2.93. The maximum absolute atomic E-state index is 12.2. The van der Waals surface area contributed by atoms with E-state index >= 15 is 0 Å². The molecule has 2 rings (SSSR count). The van der Waals surface area contributed by atoms with E-state index < -0.39 is 5.60 Å². The first-order valence-corrected chi connectivity index (χ1v) is 7.64. The molecule has 0 saturated carbocycles. The van der Waals surface area contributed by atoms with Crippen molar-refractivity contribution in [2.24, 2.45) is 0 Å². The molecule has 21 heavy (non-hydrogen) atoms. The Balaban J connectivity index is 2.23. The number of carbonyl (C=O) groups excluding carboxylic acids is 1. The molecule has 1 aliphatic rings. The van der Waals surface area contributed by atoms with Gasteiger partial charge >= 0.3 is 5.97 Å². The molecule has 0 bridgehead atoms. The molecule has 0 N–H and O–H groups in total. The Morgan fingerprint density at radius 1 is 1.19 bits per heavy atom. The number of fused-ring (bicyclic) bond motifs is 1. The van der Waals surface area contributed by atoms with Crippen molar-refractivity contribution < 1.29 is 9.53 Å². The van der Waals surface area contributed by atoms with Crippen LogP contribution in [0.4, 0.5) is 0 Å². The maximum atomic E-state index is 12.2. The van der Waals surface area contributed by atoms with E-state index in [9.17, 15) is 4.79 Å². The van der Waals surface area contributed by atoms with Crippen molar-refractivity contribution in [1.82, 2.24) is 4.90 Å². The Hall–Kier alpha value is -1.35. The molecule has 0 aliphatic carbocycles. The SMILES string of the molecule is CC(C)(C)OC(=O)CC1c2ccccc2CN1C(C)(C)C. The van der Waals surface area contributed by atoms with Gasteiger partial charge in [0.2, 0.25) is 0 Å². The number of benzene rings is 1. The minimum Gasteiger partial charge on any atom is -0.460 e. The van der Waals surface area contributed by atoms with Gasteiger partial charge in [-0.15, -0.1) is 0 Å². The molecule has 0 spiro atoms. The fourth-order valence-corrected chi connectivity index (χ4v) is 2.93. The summed E-state index contributed by atoms with van der Waals surface area (Å²) in [5, 5.41) is 0. The lowest BCUT2D eigenvalue weighted by Gasteiger charge is -2.37. The molecule has 1 aliphatic heterocycles. The van der Waals surface area contributed by atoms with Crippen LogP contribution in [-0.4, -0.2) is 22.0 Å². The lowest BCUT2D eigenvalue weighted by molar-refractivity contribution is -0.156. The van der Waals surface area contributed by atoms with Gasteiger partial charge in [-0.3, -0.25) is 9.69 Å². The summed E-state index contributed by atoms with van der Waals surface area (Å²) in [6.07, 6.45) is 0.408. The van der Waals surface area contributed by atoms with Gasteiger partial charge in [0, 0.05) is 18.1 Å². The fraction of sp³-hybridized carbons (Fsp3) is 0.611. The van der Waals surface area contributed by atoms with Gasteiger partial charge in [0.05, 0.1) is 6.42 Å². The summed E-state index contributed by atoms with van der Waals surface area (Å²) in [6.45, 7) is 13.2. The summed E-state index contributed by atoms with van der Waals surface area (Å²) >= 11 is 0. The van der Waals surface area contributed by atoms with Crippen LogP contribution in [0, 0.1) is 0 Å². The predicted molar refractivity (Wildman–Crippen MR) is 84.9 cm³/mol. The molecule has 0 amide bonds. The van der Waals surface area contributed by atoms with Crippen molar-refractivity contribution in [2.45, 2.75) is 71.7 Å². The van der Waals surface area contributed by atoms with Crippen molar-refractivity contribution in [3.05, 3.63) is 35.4 Å². The van der Waals surface area contributed by atoms with Gasteiger partial charge < -0.3 is 4.74 Å². The van der Waals surface area contributed by atoms with Crippen LogP contribution in [0.2, 0.25) is 0 Å². The normalized spacial score (nSPS) is 19.4. The largest absolute Gasteiger partial charge is 0.460 e. The Kier molecular flexibility index (Phi) is 4.16.